The van der Waals surface area contributed by atoms with Crippen LogP contribution in [0.2, 0.25) is 0 Å². The Balaban J connectivity index is 1.61. The minimum atomic E-state index is 1.07. The van der Waals surface area contributed by atoms with E-state index in [-0.39, 0.29) is 0 Å². The van der Waals surface area contributed by atoms with Crippen molar-refractivity contribution in [1.29, 1.82) is 0 Å². The lowest BCUT2D eigenvalue weighted by atomic mass is 9.82. The van der Waals surface area contributed by atoms with Gasteiger partial charge in [-0.3, -0.25) is 0 Å². The summed E-state index contributed by atoms with van der Waals surface area (Å²) < 4.78 is 0. The van der Waals surface area contributed by atoms with E-state index in [1.165, 1.54) is 44.9 Å². The van der Waals surface area contributed by atoms with Gasteiger partial charge in [-0.1, -0.05) is 148 Å². The molecule has 3 aliphatic rings. The predicted molar refractivity (Wildman–Crippen MR) is 120 cm³/mol. The molecule has 3 saturated carbocycles. The largest absolute Gasteiger partial charge is 0.0533 e. The maximum Gasteiger partial charge on any atom is -0.0414 e. The molecule has 0 saturated heterocycles. The third-order valence-corrected chi connectivity index (χ3v) is 8.60. The van der Waals surface area contributed by atoms with Gasteiger partial charge in [0.2, 0.25) is 0 Å². The van der Waals surface area contributed by atoms with Gasteiger partial charge in [0.25, 0.3) is 0 Å². The fourth-order valence-electron chi connectivity index (χ4n) is 6.78. The Hall–Kier alpha value is 0. The van der Waals surface area contributed by atoms with Crippen LogP contribution in [0, 0.1) is 23.7 Å². The molecule has 4 atom stereocenters. The third kappa shape index (κ3) is 8.91. The molecule has 0 aliphatic heterocycles. The van der Waals surface area contributed by atoms with Crippen molar-refractivity contribution in [2.45, 2.75) is 148 Å². The van der Waals surface area contributed by atoms with E-state index in [4.69, 9.17) is 0 Å². The zero-order valence-electron chi connectivity index (χ0n) is 18.6. The fourth-order valence-corrected chi connectivity index (χ4v) is 6.78. The Morgan fingerprint density at radius 1 is 0.185 bits per heavy atom. The zero-order chi connectivity index (χ0) is 18.6. The quantitative estimate of drug-likeness (QED) is 0.396. The van der Waals surface area contributed by atoms with Crippen LogP contribution in [0.3, 0.4) is 0 Å². The van der Waals surface area contributed by atoms with E-state index < -0.39 is 0 Å². The highest BCUT2D eigenvalue weighted by molar-refractivity contribution is 4.72. The molecule has 4 unspecified atom stereocenters. The van der Waals surface area contributed by atoms with Gasteiger partial charge in [0.1, 0.15) is 0 Å². The maximum absolute atomic E-state index is 1.56. The molecule has 0 N–H and O–H groups in total. The average molecular weight is 375 g/mol. The molecule has 0 heteroatoms. The van der Waals surface area contributed by atoms with Gasteiger partial charge in [-0.15, -0.1) is 0 Å². The SMILES string of the molecule is C1CCCC2CCCC(CCC1)CCCC1CCCCC(CCC2)CCC1. The molecule has 0 spiro atoms. The molecule has 0 aromatic heterocycles. The first-order valence-corrected chi connectivity index (χ1v) is 13.4. The highest BCUT2D eigenvalue weighted by atomic mass is 14.2. The van der Waals surface area contributed by atoms with Crippen molar-refractivity contribution >= 4 is 0 Å². The molecule has 27 heavy (non-hydrogen) atoms. The summed E-state index contributed by atoms with van der Waals surface area (Å²) in [5.41, 5.74) is 0. The Bertz CT molecular complexity index is 327. The van der Waals surface area contributed by atoms with Crippen LogP contribution in [0.1, 0.15) is 148 Å². The van der Waals surface area contributed by atoms with Gasteiger partial charge >= 0.3 is 0 Å². The van der Waals surface area contributed by atoms with Crippen LogP contribution < -0.4 is 0 Å². The number of rotatable bonds is 0. The topological polar surface area (TPSA) is 0 Å². The molecule has 0 aromatic carbocycles. The van der Waals surface area contributed by atoms with Crippen molar-refractivity contribution in [3.8, 4) is 0 Å². The molecule has 3 aliphatic carbocycles. The van der Waals surface area contributed by atoms with Crippen LogP contribution in [0.15, 0.2) is 0 Å². The average Bonchev–Trinajstić information content (AvgIpc) is 2.76. The van der Waals surface area contributed by atoms with Gasteiger partial charge in [0.05, 0.1) is 0 Å². The van der Waals surface area contributed by atoms with E-state index in [1.807, 2.05) is 0 Å². The summed E-state index contributed by atoms with van der Waals surface area (Å²) in [5, 5.41) is 0. The molecular formula is C27H50. The minimum absolute atomic E-state index is 1.07. The van der Waals surface area contributed by atoms with Crippen LogP contribution in [0.25, 0.3) is 0 Å². The van der Waals surface area contributed by atoms with Crippen LogP contribution in [0.4, 0.5) is 0 Å². The molecule has 4 bridgehead atoms. The Morgan fingerprint density at radius 2 is 0.370 bits per heavy atom. The summed E-state index contributed by atoms with van der Waals surface area (Å²) in [5.74, 6) is 4.29. The van der Waals surface area contributed by atoms with Crippen LogP contribution in [0.5, 0.6) is 0 Å². The molecule has 0 amide bonds. The van der Waals surface area contributed by atoms with Crippen molar-refractivity contribution in [2.75, 3.05) is 0 Å². The van der Waals surface area contributed by atoms with E-state index in [0.717, 1.165) is 23.7 Å². The number of fused-ring (bicyclic) bond motifs is 8. The van der Waals surface area contributed by atoms with Crippen molar-refractivity contribution in [2.24, 2.45) is 23.7 Å². The van der Waals surface area contributed by atoms with Crippen LogP contribution >= 0.6 is 0 Å². The second kappa shape index (κ2) is 13.3. The Labute approximate surface area is 171 Å². The fraction of sp³-hybridized carbons (Fsp3) is 1.00. The van der Waals surface area contributed by atoms with Crippen molar-refractivity contribution in [3.05, 3.63) is 0 Å². The second-order valence-corrected chi connectivity index (χ2v) is 10.8. The molecule has 3 rings (SSSR count). The first-order valence-electron chi connectivity index (χ1n) is 13.4. The molecule has 158 valence electrons. The van der Waals surface area contributed by atoms with Gasteiger partial charge < -0.3 is 0 Å². The van der Waals surface area contributed by atoms with Crippen LogP contribution in [-0.4, -0.2) is 0 Å². The van der Waals surface area contributed by atoms with E-state index in [0.29, 0.717) is 0 Å². The molecule has 0 aromatic rings. The summed E-state index contributed by atoms with van der Waals surface area (Å²) in [4.78, 5) is 0. The van der Waals surface area contributed by atoms with E-state index >= 15 is 0 Å². The van der Waals surface area contributed by atoms with E-state index in [9.17, 15) is 0 Å². The zero-order valence-corrected chi connectivity index (χ0v) is 18.6. The Kier molecular flexibility index (Phi) is 10.7. The van der Waals surface area contributed by atoms with Gasteiger partial charge in [-0.2, -0.15) is 0 Å². The first-order chi connectivity index (χ1) is 13.4. The molecule has 0 nitrogen and oxygen atoms in total. The smallest absolute Gasteiger partial charge is 0.0414 e. The van der Waals surface area contributed by atoms with Crippen molar-refractivity contribution in [1.82, 2.24) is 0 Å². The summed E-state index contributed by atoms with van der Waals surface area (Å²) in [6.07, 6.45) is 35.5. The third-order valence-electron chi connectivity index (χ3n) is 8.60. The minimum Gasteiger partial charge on any atom is -0.0533 e. The van der Waals surface area contributed by atoms with Crippen LogP contribution in [-0.2, 0) is 0 Å². The highest BCUT2D eigenvalue weighted by Crippen LogP contribution is 2.34. The highest BCUT2D eigenvalue weighted by Gasteiger charge is 2.19. The normalized spacial score (nSPS) is 36.4. The monoisotopic (exact) mass is 374 g/mol. The standard InChI is InChI=1S/C27H50/c1-2-4-12-24-16-8-17-25(13-5-3-1)19-10-21-27-15-7-6-14-26(20-9-18-24)22-11-23-27/h24-27H,1-23H2. The van der Waals surface area contributed by atoms with Crippen molar-refractivity contribution < 1.29 is 0 Å². The van der Waals surface area contributed by atoms with Crippen molar-refractivity contribution in [3.63, 3.8) is 0 Å². The van der Waals surface area contributed by atoms with Gasteiger partial charge in [0.15, 0.2) is 0 Å². The lowest BCUT2D eigenvalue weighted by Crippen LogP contribution is -2.09. The molecule has 0 heterocycles. The number of hydrogen-bond acceptors (Lipinski definition) is 0. The number of hydrogen-bond donors (Lipinski definition) is 0. The van der Waals surface area contributed by atoms with Gasteiger partial charge in [-0.05, 0) is 23.7 Å². The second-order valence-electron chi connectivity index (χ2n) is 10.8. The lowest BCUT2D eigenvalue weighted by molar-refractivity contribution is 0.295. The van der Waals surface area contributed by atoms with E-state index in [2.05, 4.69) is 0 Å². The molecular weight excluding hydrogens is 324 g/mol. The molecule has 3 fully saturated rings. The molecule has 0 radical (unpaired) electrons. The summed E-state index contributed by atoms with van der Waals surface area (Å²) in [6.45, 7) is 0. The lowest BCUT2D eigenvalue weighted by Gasteiger charge is -2.24. The first kappa shape index (κ1) is 21.7. The van der Waals surface area contributed by atoms with Gasteiger partial charge in [-0.25, -0.2) is 0 Å². The summed E-state index contributed by atoms with van der Waals surface area (Å²) in [6, 6.07) is 0. The van der Waals surface area contributed by atoms with Gasteiger partial charge in [0, 0.05) is 0 Å². The maximum atomic E-state index is 1.56. The summed E-state index contributed by atoms with van der Waals surface area (Å²) in [7, 11) is 0. The van der Waals surface area contributed by atoms with E-state index in [1.54, 1.807) is 103 Å². The summed E-state index contributed by atoms with van der Waals surface area (Å²) >= 11 is 0. The Morgan fingerprint density at radius 3 is 0.667 bits per heavy atom. The predicted octanol–water partition coefficient (Wildman–Crippen LogP) is 9.46.